The minimum absolute atomic E-state index is 0.0992. The van der Waals surface area contributed by atoms with Crippen molar-refractivity contribution in [2.75, 3.05) is 32.7 Å². The van der Waals surface area contributed by atoms with Gasteiger partial charge in [-0.05, 0) is 68.7 Å². The zero-order chi connectivity index (χ0) is 22.6. The van der Waals surface area contributed by atoms with Crippen LogP contribution in [-0.4, -0.2) is 63.0 Å². The minimum Gasteiger partial charge on any atom is -0.342 e. The van der Waals surface area contributed by atoms with Crippen molar-refractivity contribution in [3.05, 3.63) is 58.0 Å². The van der Waals surface area contributed by atoms with Crippen LogP contribution in [-0.2, 0) is 17.8 Å². The monoisotopic (exact) mass is 449 g/mol. The van der Waals surface area contributed by atoms with Gasteiger partial charge in [-0.3, -0.25) is 24.0 Å². The number of hydrogen-bond donors (Lipinski definition) is 0. The van der Waals surface area contributed by atoms with E-state index in [1.54, 1.807) is 6.07 Å². The number of carbonyl (C=O) groups is 1. The molecule has 2 saturated heterocycles. The lowest BCUT2D eigenvalue weighted by Gasteiger charge is -2.36. The van der Waals surface area contributed by atoms with Gasteiger partial charge in [-0.2, -0.15) is 0 Å². The second-order valence-electron chi connectivity index (χ2n) is 9.91. The lowest BCUT2D eigenvalue weighted by atomic mass is 9.90. The van der Waals surface area contributed by atoms with Crippen molar-refractivity contribution in [3.63, 3.8) is 0 Å². The highest BCUT2D eigenvalue weighted by Gasteiger charge is 2.28. The first-order valence-electron chi connectivity index (χ1n) is 12.7. The molecule has 0 spiro atoms. The molecule has 0 N–H and O–H groups in total. The quantitative estimate of drug-likeness (QED) is 0.718. The fourth-order valence-corrected chi connectivity index (χ4v) is 5.77. The molecule has 0 saturated carbocycles. The van der Waals surface area contributed by atoms with Crippen LogP contribution >= 0.6 is 0 Å². The molecule has 2 fully saturated rings. The van der Waals surface area contributed by atoms with Crippen LogP contribution in [0.1, 0.15) is 73.9 Å². The number of aryl methyl sites for hydroxylation is 1. The van der Waals surface area contributed by atoms with Gasteiger partial charge in [0.25, 0.3) is 5.56 Å². The van der Waals surface area contributed by atoms with Gasteiger partial charge in [0.2, 0.25) is 5.91 Å². The van der Waals surface area contributed by atoms with Crippen molar-refractivity contribution in [1.82, 2.24) is 24.3 Å². The molecular formula is C26H35N5O2. The average Bonchev–Trinajstić information content (AvgIpc) is 3.11. The van der Waals surface area contributed by atoms with Gasteiger partial charge in [0.05, 0.1) is 12.2 Å². The maximum atomic E-state index is 13.0. The summed E-state index contributed by atoms with van der Waals surface area (Å²) in [6.45, 7) is 4.68. The molecule has 3 aliphatic heterocycles. The van der Waals surface area contributed by atoms with Gasteiger partial charge in [-0.25, -0.2) is 4.98 Å². The molecule has 176 valence electrons. The second-order valence-corrected chi connectivity index (χ2v) is 9.91. The van der Waals surface area contributed by atoms with Crippen molar-refractivity contribution in [1.29, 1.82) is 0 Å². The third kappa shape index (κ3) is 5.18. The zero-order valence-electron chi connectivity index (χ0n) is 19.5. The number of pyridine rings is 1. The number of likely N-dealkylation sites (tertiary alicyclic amines) is 2. The maximum absolute atomic E-state index is 13.0. The van der Waals surface area contributed by atoms with Gasteiger partial charge in [0.15, 0.2) is 0 Å². The van der Waals surface area contributed by atoms with Crippen molar-refractivity contribution in [3.8, 4) is 0 Å². The molecule has 2 aromatic heterocycles. The Morgan fingerprint density at radius 2 is 1.76 bits per heavy atom. The molecule has 1 amide bonds. The molecule has 7 nitrogen and oxygen atoms in total. The summed E-state index contributed by atoms with van der Waals surface area (Å²) >= 11 is 0. The van der Waals surface area contributed by atoms with E-state index in [4.69, 9.17) is 4.98 Å². The van der Waals surface area contributed by atoms with Crippen LogP contribution in [0.15, 0.2) is 35.4 Å². The molecule has 0 radical (unpaired) electrons. The van der Waals surface area contributed by atoms with E-state index in [0.717, 1.165) is 95.6 Å². The number of aromatic nitrogens is 3. The Hall–Kier alpha value is -2.54. The lowest BCUT2D eigenvalue weighted by molar-refractivity contribution is -0.133. The number of amides is 1. The van der Waals surface area contributed by atoms with Gasteiger partial charge in [-0.1, -0.05) is 6.42 Å². The van der Waals surface area contributed by atoms with E-state index in [1.165, 1.54) is 5.56 Å². The highest BCUT2D eigenvalue weighted by molar-refractivity contribution is 5.78. The van der Waals surface area contributed by atoms with Crippen LogP contribution in [0.25, 0.3) is 0 Å². The molecule has 33 heavy (non-hydrogen) atoms. The van der Waals surface area contributed by atoms with Gasteiger partial charge < -0.3 is 4.90 Å². The van der Waals surface area contributed by atoms with E-state index in [0.29, 0.717) is 12.5 Å². The number of carbonyl (C=O) groups excluding carboxylic acids is 1. The molecule has 5 heterocycles. The van der Waals surface area contributed by atoms with E-state index >= 15 is 0 Å². The predicted molar refractivity (Wildman–Crippen MR) is 127 cm³/mol. The van der Waals surface area contributed by atoms with E-state index in [1.807, 2.05) is 21.9 Å². The summed E-state index contributed by atoms with van der Waals surface area (Å²) in [6, 6.07) is 5.95. The molecule has 1 atom stereocenters. The fraction of sp³-hybridized carbons (Fsp3) is 0.615. The Bertz CT molecular complexity index is 1010. The van der Waals surface area contributed by atoms with Gasteiger partial charge in [-0.15, -0.1) is 0 Å². The van der Waals surface area contributed by atoms with E-state index in [2.05, 4.69) is 22.0 Å². The largest absolute Gasteiger partial charge is 0.342 e. The van der Waals surface area contributed by atoms with E-state index in [9.17, 15) is 9.59 Å². The summed E-state index contributed by atoms with van der Waals surface area (Å²) in [5, 5.41) is 0. The molecule has 2 aromatic rings. The first-order chi connectivity index (χ1) is 16.2. The average molecular weight is 450 g/mol. The number of hydrogen-bond acceptors (Lipinski definition) is 5. The van der Waals surface area contributed by atoms with Gasteiger partial charge in [0, 0.05) is 57.0 Å². The third-order valence-corrected chi connectivity index (χ3v) is 7.70. The van der Waals surface area contributed by atoms with Crippen molar-refractivity contribution >= 4 is 5.91 Å². The van der Waals surface area contributed by atoms with Crippen LogP contribution in [0.2, 0.25) is 0 Å². The molecule has 5 rings (SSSR count). The van der Waals surface area contributed by atoms with Crippen LogP contribution in [0.5, 0.6) is 0 Å². The smallest absolute Gasteiger partial charge is 0.253 e. The molecule has 0 aliphatic carbocycles. The highest BCUT2D eigenvalue weighted by atomic mass is 16.2. The van der Waals surface area contributed by atoms with Crippen molar-refractivity contribution < 1.29 is 4.79 Å². The van der Waals surface area contributed by atoms with Crippen molar-refractivity contribution in [2.45, 2.75) is 69.7 Å². The summed E-state index contributed by atoms with van der Waals surface area (Å²) in [7, 11) is 0. The summed E-state index contributed by atoms with van der Waals surface area (Å²) < 4.78 is 1.87. The van der Waals surface area contributed by atoms with E-state index < -0.39 is 0 Å². The second kappa shape index (κ2) is 10.2. The van der Waals surface area contributed by atoms with Crippen molar-refractivity contribution in [2.24, 2.45) is 0 Å². The molecule has 7 heteroatoms. The Labute approximate surface area is 195 Å². The van der Waals surface area contributed by atoms with Crippen LogP contribution in [0, 0.1) is 0 Å². The molecule has 3 aliphatic rings. The van der Waals surface area contributed by atoms with E-state index in [-0.39, 0.29) is 17.4 Å². The zero-order valence-corrected chi connectivity index (χ0v) is 19.5. The van der Waals surface area contributed by atoms with Gasteiger partial charge >= 0.3 is 0 Å². The SMILES string of the molecule is O=C(CN1CCC[C@H](c2cc(=O)n3c(n2)CCCCC3)C1)N1CCC(c2ccncc2)CC1. The Morgan fingerprint density at radius 3 is 2.58 bits per heavy atom. The van der Waals surface area contributed by atoms with Gasteiger partial charge in [0.1, 0.15) is 5.82 Å². The normalized spacial score (nSPS) is 22.5. The third-order valence-electron chi connectivity index (χ3n) is 7.70. The Morgan fingerprint density at radius 1 is 0.939 bits per heavy atom. The summed E-state index contributed by atoms with van der Waals surface area (Å²) in [6.07, 6.45) is 12.1. The number of nitrogens with zero attached hydrogens (tertiary/aromatic N) is 5. The first-order valence-corrected chi connectivity index (χ1v) is 12.7. The fourth-order valence-electron chi connectivity index (χ4n) is 5.77. The Balaban J connectivity index is 1.18. The Kier molecular flexibility index (Phi) is 6.85. The number of fused-ring (bicyclic) bond motifs is 1. The molecular weight excluding hydrogens is 414 g/mol. The topological polar surface area (TPSA) is 71.3 Å². The molecule has 0 bridgehead atoms. The first kappa shape index (κ1) is 22.3. The predicted octanol–water partition coefficient (Wildman–Crippen LogP) is 2.95. The molecule has 0 aromatic carbocycles. The summed E-state index contributed by atoms with van der Waals surface area (Å²) in [4.78, 5) is 39.1. The minimum atomic E-state index is 0.0992. The highest BCUT2D eigenvalue weighted by Crippen LogP contribution is 2.29. The lowest BCUT2D eigenvalue weighted by Crippen LogP contribution is -2.46. The van der Waals surface area contributed by atoms with Crippen LogP contribution in [0.4, 0.5) is 0 Å². The number of rotatable bonds is 4. The number of piperidine rings is 2. The van der Waals surface area contributed by atoms with Crippen LogP contribution < -0.4 is 5.56 Å². The molecule has 0 unspecified atom stereocenters. The standard InChI is InChI=1S/C26H35N5O2/c32-25-17-23(28-24-6-2-1-3-14-31(24)25)22-5-4-13-29(18-22)19-26(33)30-15-9-21(10-16-30)20-7-11-27-12-8-20/h7-8,11-12,17,21-22H,1-6,9-10,13-16,18-19H2/t22-/m0/s1. The summed E-state index contributed by atoms with van der Waals surface area (Å²) in [5.74, 6) is 1.96. The maximum Gasteiger partial charge on any atom is 0.253 e. The van der Waals surface area contributed by atoms with Crippen LogP contribution in [0.3, 0.4) is 0 Å². The summed E-state index contributed by atoms with van der Waals surface area (Å²) in [5.41, 5.74) is 2.37.